The van der Waals surface area contributed by atoms with Gasteiger partial charge in [0, 0.05) is 35.8 Å². The first-order chi connectivity index (χ1) is 10.9. The van der Waals surface area contributed by atoms with Gasteiger partial charge in [-0.3, -0.25) is 19.7 Å². The number of carboxylic acids is 1. The minimum atomic E-state index is -0.878. The van der Waals surface area contributed by atoms with E-state index < -0.39 is 16.3 Å². The van der Waals surface area contributed by atoms with Crippen LogP contribution >= 0.6 is 0 Å². The Hall–Kier alpha value is -2.90. The number of carboxylic acid groups (broad SMARTS) is 1. The van der Waals surface area contributed by atoms with Crippen LogP contribution in [0.5, 0.6) is 0 Å². The number of fused-ring (bicyclic) bond motifs is 1. The largest absolute Gasteiger partial charge is 0.481 e. The highest BCUT2D eigenvalue weighted by atomic mass is 16.6. The number of amides is 1. The molecular weight excluding hydrogens is 302 g/mol. The zero-order chi connectivity index (χ0) is 16.6. The summed E-state index contributed by atoms with van der Waals surface area (Å²) in [6, 6.07) is 6.14. The summed E-state index contributed by atoms with van der Waals surface area (Å²) in [4.78, 5) is 33.3. The molecule has 0 unspecified atom stereocenters. The standard InChI is InChI=1S/C15H15N3O5/c19-13(16-9-15(4-5-15)14(20)21)8-17-6-3-10-7-11(18(22)23)1-2-12(10)17/h1-3,6-7H,4-5,8-9H2,(H,16,19)(H,20,21). The number of carbonyl (C=O) groups is 2. The number of nitrogens with one attached hydrogen (secondary N) is 1. The molecule has 1 heterocycles. The molecule has 1 aliphatic rings. The highest BCUT2D eigenvalue weighted by Crippen LogP contribution is 2.45. The van der Waals surface area contributed by atoms with E-state index in [-0.39, 0.29) is 24.7 Å². The Bertz CT molecular complexity index is 807. The minimum Gasteiger partial charge on any atom is -0.481 e. The van der Waals surface area contributed by atoms with Crippen LogP contribution in [0.1, 0.15) is 12.8 Å². The van der Waals surface area contributed by atoms with Crippen LogP contribution in [0.3, 0.4) is 0 Å². The van der Waals surface area contributed by atoms with Gasteiger partial charge in [-0.25, -0.2) is 0 Å². The number of nitro benzene ring substituents is 1. The second-order valence-electron chi connectivity index (χ2n) is 5.81. The van der Waals surface area contributed by atoms with Crippen LogP contribution in [0.25, 0.3) is 10.9 Å². The van der Waals surface area contributed by atoms with Gasteiger partial charge >= 0.3 is 5.97 Å². The Balaban J connectivity index is 1.68. The maximum absolute atomic E-state index is 12.0. The van der Waals surface area contributed by atoms with Gasteiger partial charge in [-0.2, -0.15) is 0 Å². The third kappa shape index (κ3) is 2.87. The molecule has 2 N–H and O–H groups in total. The average Bonchev–Trinajstić information content (AvgIpc) is 3.22. The smallest absolute Gasteiger partial charge is 0.311 e. The summed E-state index contributed by atoms with van der Waals surface area (Å²) in [5.74, 6) is -1.16. The molecule has 1 fully saturated rings. The maximum atomic E-state index is 12.0. The second kappa shape index (κ2) is 5.38. The van der Waals surface area contributed by atoms with Gasteiger partial charge in [0.25, 0.3) is 5.69 Å². The van der Waals surface area contributed by atoms with Gasteiger partial charge in [0.15, 0.2) is 0 Å². The summed E-state index contributed by atoms with van der Waals surface area (Å²) < 4.78 is 1.68. The summed E-state index contributed by atoms with van der Waals surface area (Å²) in [6.07, 6.45) is 2.84. The number of aromatic nitrogens is 1. The Morgan fingerprint density at radius 2 is 2.09 bits per heavy atom. The third-order valence-electron chi connectivity index (χ3n) is 4.21. The summed E-state index contributed by atoms with van der Waals surface area (Å²) in [5.41, 5.74) is -0.0865. The van der Waals surface area contributed by atoms with Crippen LogP contribution in [0.2, 0.25) is 0 Å². The summed E-state index contributed by atoms with van der Waals surface area (Å²) in [7, 11) is 0. The van der Waals surface area contributed by atoms with Gasteiger partial charge in [-0.1, -0.05) is 0 Å². The van der Waals surface area contributed by atoms with Crippen molar-refractivity contribution in [1.29, 1.82) is 0 Å². The molecule has 0 aliphatic heterocycles. The predicted octanol–water partition coefficient (Wildman–Crippen LogP) is 1.53. The average molecular weight is 317 g/mol. The van der Waals surface area contributed by atoms with Crippen molar-refractivity contribution >= 4 is 28.5 Å². The molecule has 1 aromatic carbocycles. The molecule has 1 amide bonds. The van der Waals surface area contributed by atoms with Crippen molar-refractivity contribution < 1.29 is 19.6 Å². The van der Waals surface area contributed by atoms with Gasteiger partial charge in [0.2, 0.25) is 5.91 Å². The topological polar surface area (TPSA) is 114 Å². The number of hydrogen-bond donors (Lipinski definition) is 2. The molecule has 1 aliphatic carbocycles. The normalized spacial score (nSPS) is 15.3. The Kier molecular flexibility index (Phi) is 3.51. The van der Waals surface area contributed by atoms with E-state index >= 15 is 0 Å². The van der Waals surface area contributed by atoms with Crippen LogP contribution in [0.15, 0.2) is 30.5 Å². The molecule has 120 valence electrons. The van der Waals surface area contributed by atoms with Crippen molar-refractivity contribution in [2.24, 2.45) is 5.41 Å². The second-order valence-corrected chi connectivity index (χ2v) is 5.81. The Labute approximate surface area is 130 Å². The monoisotopic (exact) mass is 317 g/mol. The lowest BCUT2D eigenvalue weighted by molar-refractivity contribution is -0.384. The van der Waals surface area contributed by atoms with E-state index in [1.807, 2.05) is 0 Å². The van der Waals surface area contributed by atoms with Gasteiger partial charge in [-0.05, 0) is 25.0 Å². The molecular formula is C15H15N3O5. The van der Waals surface area contributed by atoms with Crippen molar-refractivity contribution in [2.45, 2.75) is 19.4 Å². The van der Waals surface area contributed by atoms with Gasteiger partial charge in [0.05, 0.1) is 10.3 Å². The van der Waals surface area contributed by atoms with E-state index in [1.54, 1.807) is 22.9 Å². The lowest BCUT2D eigenvalue weighted by Crippen LogP contribution is -2.35. The van der Waals surface area contributed by atoms with Gasteiger partial charge < -0.3 is 15.0 Å². The molecule has 0 atom stereocenters. The van der Waals surface area contributed by atoms with Crippen LogP contribution in [-0.4, -0.2) is 33.0 Å². The third-order valence-corrected chi connectivity index (χ3v) is 4.21. The van der Waals surface area contributed by atoms with Crippen LogP contribution < -0.4 is 5.32 Å². The summed E-state index contributed by atoms with van der Waals surface area (Å²) in [6.45, 7) is 0.169. The molecule has 1 saturated carbocycles. The lowest BCUT2D eigenvalue weighted by atomic mass is 10.1. The van der Waals surface area contributed by atoms with E-state index in [4.69, 9.17) is 5.11 Å². The Morgan fingerprint density at radius 1 is 1.35 bits per heavy atom. The number of aliphatic carboxylic acids is 1. The first-order valence-electron chi connectivity index (χ1n) is 7.15. The fraction of sp³-hybridized carbons (Fsp3) is 0.333. The number of nitro groups is 1. The van der Waals surface area contributed by atoms with Crippen molar-refractivity contribution in [1.82, 2.24) is 9.88 Å². The van der Waals surface area contributed by atoms with E-state index in [2.05, 4.69) is 5.32 Å². The molecule has 8 heteroatoms. The maximum Gasteiger partial charge on any atom is 0.311 e. The SMILES string of the molecule is O=C(Cn1ccc2cc([N+](=O)[O-])ccc21)NCC1(C(=O)O)CC1. The number of hydrogen-bond acceptors (Lipinski definition) is 4. The number of non-ortho nitro benzene ring substituents is 1. The lowest BCUT2D eigenvalue weighted by Gasteiger charge is -2.12. The molecule has 0 bridgehead atoms. The van der Waals surface area contributed by atoms with E-state index in [0.29, 0.717) is 23.7 Å². The van der Waals surface area contributed by atoms with Gasteiger partial charge in [0.1, 0.15) is 6.54 Å². The number of rotatable bonds is 6. The van der Waals surface area contributed by atoms with E-state index in [0.717, 1.165) is 0 Å². The van der Waals surface area contributed by atoms with E-state index in [9.17, 15) is 19.7 Å². The van der Waals surface area contributed by atoms with Gasteiger partial charge in [-0.15, -0.1) is 0 Å². The first kappa shape index (κ1) is 15.0. The van der Waals surface area contributed by atoms with Crippen LogP contribution in [-0.2, 0) is 16.1 Å². The van der Waals surface area contributed by atoms with Crippen molar-refractivity contribution in [3.05, 3.63) is 40.6 Å². The molecule has 0 spiro atoms. The van der Waals surface area contributed by atoms with Crippen molar-refractivity contribution in [3.63, 3.8) is 0 Å². The minimum absolute atomic E-state index is 0.00293. The van der Waals surface area contributed by atoms with Crippen molar-refractivity contribution in [3.8, 4) is 0 Å². The van der Waals surface area contributed by atoms with Crippen LogP contribution in [0, 0.1) is 15.5 Å². The number of benzene rings is 1. The number of nitrogens with zero attached hydrogens (tertiary/aromatic N) is 2. The van der Waals surface area contributed by atoms with E-state index in [1.165, 1.54) is 12.1 Å². The summed E-state index contributed by atoms with van der Waals surface area (Å²) in [5, 5.41) is 23.2. The Morgan fingerprint density at radius 3 is 2.70 bits per heavy atom. The predicted molar refractivity (Wildman–Crippen MR) is 80.9 cm³/mol. The highest BCUT2D eigenvalue weighted by molar-refractivity contribution is 5.85. The quantitative estimate of drug-likeness (QED) is 0.619. The van der Waals surface area contributed by atoms with Crippen molar-refractivity contribution in [2.75, 3.05) is 6.54 Å². The molecule has 0 saturated heterocycles. The zero-order valence-electron chi connectivity index (χ0n) is 12.2. The first-order valence-corrected chi connectivity index (χ1v) is 7.15. The molecule has 2 aromatic rings. The number of carbonyl (C=O) groups excluding carboxylic acids is 1. The molecule has 8 nitrogen and oxygen atoms in total. The fourth-order valence-electron chi connectivity index (χ4n) is 2.53. The fourth-order valence-corrected chi connectivity index (χ4v) is 2.53. The molecule has 23 heavy (non-hydrogen) atoms. The van der Waals surface area contributed by atoms with Crippen LogP contribution in [0.4, 0.5) is 5.69 Å². The zero-order valence-corrected chi connectivity index (χ0v) is 12.2. The summed E-state index contributed by atoms with van der Waals surface area (Å²) >= 11 is 0. The highest BCUT2D eigenvalue weighted by Gasteiger charge is 2.50. The molecule has 0 radical (unpaired) electrons. The molecule has 1 aromatic heterocycles. The molecule has 3 rings (SSSR count).